The number of rotatable bonds is 4. The van der Waals surface area contributed by atoms with E-state index in [9.17, 15) is 13.6 Å². The van der Waals surface area contributed by atoms with Crippen molar-refractivity contribution >= 4 is 11.7 Å². The molecule has 0 bridgehead atoms. The van der Waals surface area contributed by atoms with Crippen LogP contribution in [0.15, 0.2) is 65.5 Å². The molecule has 0 atom stereocenters. The number of nitrogens with zero attached hydrogens (tertiary/aromatic N) is 3. The van der Waals surface area contributed by atoms with Crippen molar-refractivity contribution in [1.82, 2.24) is 15.2 Å². The number of carbonyl (C=O) groups is 1. The van der Waals surface area contributed by atoms with Crippen molar-refractivity contribution in [2.24, 2.45) is 0 Å². The monoisotopic (exact) mass is 392 g/mol. The molecule has 0 radical (unpaired) electrons. The summed E-state index contributed by atoms with van der Waals surface area (Å²) in [4.78, 5) is 16.4. The molecule has 0 unspecified atom stereocenters. The van der Waals surface area contributed by atoms with Crippen LogP contribution in [-0.2, 0) is 0 Å². The maximum Gasteiger partial charge on any atom is 0.262 e. The number of benzene rings is 2. The Morgan fingerprint density at radius 3 is 2.38 bits per heavy atom. The van der Waals surface area contributed by atoms with Gasteiger partial charge in [0.2, 0.25) is 12.3 Å². The summed E-state index contributed by atoms with van der Waals surface area (Å²) >= 11 is 0. The Morgan fingerprint density at radius 1 is 1.00 bits per heavy atom. The molecule has 29 heavy (non-hydrogen) atoms. The minimum atomic E-state index is -0.937. The maximum absolute atomic E-state index is 13.7. The third-order valence-electron chi connectivity index (χ3n) is 4.43. The molecule has 2 aromatic heterocycles. The lowest BCUT2D eigenvalue weighted by Gasteiger charge is -2.10. The molecule has 1 N–H and O–H groups in total. The Morgan fingerprint density at radius 2 is 1.72 bits per heavy atom. The first kappa shape index (κ1) is 18.4. The highest BCUT2D eigenvalue weighted by molar-refractivity contribution is 6.04. The van der Waals surface area contributed by atoms with Crippen molar-refractivity contribution in [3.8, 4) is 22.6 Å². The minimum absolute atomic E-state index is 0.173. The average Bonchev–Trinajstić information content (AvgIpc) is 3.23. The van der Waals surface area contributed by atoms with Gasteiger partial charge in [0, 0.05) is 17.3 Å². The summed E-state index contributed by atoms with van der Waals surface area (Å²) in [6.45, 7) is 1.92. The van der Waals surface area contributed by atoms with E-state index in [1.54, 1.807) is 18.3 Å². The average molecular weight is 392 g/mol. The number of hydrogen-bond acceptors (Lipinski definition) is 5. The first-order valence-electron chi connectivity index (χ1n) is 8.62. The van der Waals surface area contributed by atoms with Crippen LogP contribution in [0.3, 0.4) is 0 Å². The van der Waals surface area contributed by atoms with Crippen LogP contribution >= 0.6 is 0 Å². The number of carbonyl (C=O) groups excluding carboxylic acids is 1. The lowest BCUT2D eigenvalue weighted by molar-refractivity contribution is 0.101. The Hall–Kier alpha value is -3.94. The predicted molar refractivity (Wildman–Crippen MR) is 102 cm³/mol. The molecule has 8 heteroatoms. The molecule has 2 aromatic carbocycles. The molecule has 0 aliphatic carbocycles. The van der Waals surface area contributed by atoms with Crippen LogP contribution in [0.5, 0.6) is 0 Å². The minimum Gasteiger partial charge on any atom is -0.423 e. The number of anilines is 1. The number of amides is 1. The lowest BCUT2D eigenvalue weighted by atomic mass is 9.97. The molecule has 0 aliphatic rings. The predicted octanol–water partition coefficient (Wildman–Crippen LogP) is 4.64. The number of nitrogens with one attached hydrogen (secondary N) is 1. The summed E-state index contributed by atoms with van der Waals surface area (Å²) in [6.07, 6.45) is 2.83. The molecular formula is C21H14F2N4O2. The second kappa shape index (κ2) is 7.59. The van der Waals surface area contributed by atoms with Gasteiger partial charge in [0.25, 0.3) is 5.91 Å². The quantitative estimate of drug-likeness (QED) is 0.547. The van der Waals surface area contributed by atoms with Gasteiger partial charge in [-0.25, -0.2) is 13.8 Å². The maximum atomic E-state index is 13.7. The Labute approximate surface area is 164 Å². The van der Waals surface area contributed by atoms with Gasteiger partial charge >= 0.3 is 0 Å². The molecule has 0 aliphatic heterocycles. The van der Waals surface area contributed by atoms with E-state index in [-0.39, 0.29) is 5.82 Å². The van der Waals surface area contributed by atoms with Crippen LogP contribution in [-0.4, -0.2) is 21.1 Å². The highest BCUT2D eigenvalue weighted by atomic mass is 19.1. The third-order valence-corrected chi connectivity index (χ3v) is 4.43. The van der Waals surface area contributed by atoms with Gasteiger partial charge in [-0.05, 0) is 48.4 Å². The van der Waals surface area contributed by atoms with Crippen LogP contribution in [0, 0.1) is 18.6 Å². The zero-order valence-electron chi connectivity index (χ0n) is 15.2. The summed E-state index contributed by atoms with van der Waals surface area (Å²) in [5.74, 6) is -2.20. The second-order valence-corrected chi connectivity index (χ2v) is 6.20. The number of halogens is 2. The normalized spacial score (nSPS) is 10.7. The van der Waals surface area contributed by atoms with Crippen LogP contribution in [0.1, 0.15) is 15.9 Å². The number of hydrogen-bond donors (Lipinski definition) is 1. The third kappa shape index (κ3) is 3.60. The fourth-order valence-electron chi connectivity index (χ4n) is 2.99. The summed E-state index contributed by atoms with van der Waals surface area (Å²) in [6, 6.07) is 12.2. The van der Waals surface area contributed by atoms with Crippen molar-refractivity contribution in [2.45, 2.75) is 6.92 Å². The molecule has 4 aromatic rings. The highest BCUT2D eigenvalue weighted by Gasteiger charge is 2.18. The van der Waals surface area contributed by atoms with Crippen LogP contribution < -0.4 is 5.32 Å². The SMILES string of the molecule is Cc1c(-c2ccc(NC(=O)c3c(F)cccc3F)nc2)cccc1-c1nnco1. The van der Waals surface area contributed by atoms with Crippen molar-refractivity contribution in [1.29, 1.82) is 0 Å². The van der Waals surface area contributed by atoms with E-state index in [2.05, 4.69) is 20.5 Å². The Kier molecular flexibility index (Phi) is 4.82. The molecular weight excluding hydrogens is 378 g/mol. The van der Waals surface area contributed by atoms with Gasteiger partial charge in [0.05, 0.1) is 0 Å². The van der Waals surface area contributed by atoms with E-state index in [1.807, 2.05) is 25.1 Å². The molecule has 0 spiro atoms. The molecule has 2 heterocycles. The van der Waals surface area contributed by atoms with Gasteiger partial charge in [0.1, 0.15) is 23.0 Å². The summed E-state index contributed by atoms with van der Waals surface area (Å²) in [5, 5.41) is 10.0. The highest BCUT2D eigenvalue weighted by Crippen LogP contribution is 2.30. The van der Waals surface area contributed by atoms with E-state index in [4.69, 9.17) is 4.42 Å². The van der Waals surface area contributed by atoms with E-state index in [0.717, 1.165) is 34.4 Å². The number of pyridine rings is 1. The number of aromatic nitrogens is 3. The molecule has 0 fully saturated rings. The summed E-state index contributed by atoms with van der Waals surface area (Å²) < 4.78 is 32.8. The zero-order valence-corrected chi connectivity index (χ0v) is 15.2. The largest absolute Gasteiger partial charge is 0.423 e. The van der Waals surface area contributed by atoms with Gasteiger partial charge in [-0.2, -0.15) is 0 Å². The summed E-state index contributed by atoms with van der Waals surface area (Å²) in [5.41, 5.74) is 2.75. The van der Waals surface area contributed by atoms with Gasteiger partial charge in [-0.1, -0.05) is 18.2 Å². The summed E-state index contributed by atoms with van der Waals surface area (Å²) in [7, 11) is 0. The van der Waals surface area contributed by atoms with Crippen LogP contribution in [0.2, 0.25) is 0 Å². The van der Waals surface area contributed by atoms with E-state index < -0.39 is 23.1 Å². The van der Waals surface area contributed by atoms with Gasteiger partial charge in [-0.15, -0.1) is 10.2 Å². The van der Waals surface area contributed by atoms with Crippen LogP contribution in [0.4, 0.5) is 14.6 Å². The second-order valence-electron chi connectivity index (χ2n) is 6.20. The van der Waals surface area contributed by atoms with Crippen molar-refractivity contribution in [3.63, 3.8) is 0 Å². The van der Waals surface area contributed by atoms with Crippen molar-refractivity contribution in [3.05, 3.63) is 83.9 Å². The van der Waals surface area contributed by atoms with Crippen LogP contribution in [0.25, 0.3) is 22.6 Å². The van der Waals surface area contributed by atoms with Crippen molar-refractivity contribution < 1.29 is 18.0 Å². The lowest BCUT2D eigenvalue weighted by Crippen LogP contribution is -2.16. The zero-order chi connectivity index (χ0) is 20.4. The molecule has 4 rings (SSSR count). The fourth-order valence-corrected chi connectivity index (χ4v) is 2.99. The van der Waals surface area contributed by atoms with Gasteiger partial charge < -0.3 is 9.73 Å². The Balaban J connectivity index is 1.59. The topological polar surface area (TPSA) is 80.9 Å². The molecule has 1 amide bonds. The van der Waals surface area contributed by atoms with E-state index in [0.29, 0.717) is 5.89 Å². The molecule has 0 saturated carbocycles. The van der Waals surface area contributed by atoms with E-state index >= 15 is 0 Å². The molecule has 144 valence electrons. The van der Waals surface area contributed by atoms with Gasteiger partial charge in [0.15, 0.2) is 0 Å². The standard InChI is InChI=1S/C21H14F2N4O2/c1-12-14(4-2-5-15(12)21-27-25-11-29-21)13-8-9-18(24-10-13)26-20(28)19-16(22)6-3-7-17(19)23/h2-11H,1H3,(H,24,26,28). The first-order chi connectivity index (χ1) is 14.0. The van der Waals surface area contributed by atoms with Gasteiger partial charge in [-0.3, -0.25) is 4.79 Å². The first-order valence-corrected chi connectivity index (χ1v) is 8.62. The molecule has 6 nitrogen and oxygen atoms in total. The van der Waals surface area contributed by atoms with E-state index in [1.165, 1.54) is 12.5 Å². The fraction of sp³-hybridized carbons (Fsp3) is 0.0476. The van der Waals surface area contributed by atoms with Crippen molar-refractivity contribution in [2.75, 3.05) is 5.32 Å². The Bertz CT molecular complexity index is 1160. The molecule has 0 saturated heterocycles. The smallest absolute Gasteiger partial charge is 0.262 e.